The Labute approximate surface area is 178 Å². The maximum atomic E-state index is 13.0. The van der Waals surface area contributed by atoms with Gasteiger partial charge in [0.2, 0.25) is 5.91 Å². The van der Waals surface area contributed by atoms with Crippen molar-refractivity contribution < 1.29 is 28.7 Å². The van der Waals surface area contributed by atoms with Crippen LogP contribution in [0.3, 0.4) is 0 Å². The SMILES string of the molecule is COc1ccc(OC)c(NC(=O)CN2C(=O)C(C(C)C)Oc3ccc([N+](=O)[O-])cc32)c1. The molecular formula is C21H23N3O7. The molecule has 31 heavy (non-hydrogen) atoms. The molecule has 0 fully saturated rings. The van der Waals surface area contributed by atoms with Gasteiger partial charge in [-0.2, -0.15) is 0 Å². The summed E-state index contributed by atoms with van der Waals surface area (Å²) in [7, 11) is 2.96. The second-order valence-electron chi connectivity index (χ2n) is 7.23. The zero-order chi connectivity index (χ0) is 22.7. The molecule has 2 amide bonds. The molecule has 1 aliphatic heterocycles. The molecule has 3 rings (SSSR count). The van der Waals surface area contributed by atoms with E-state index in [0.717, 1.165) is 0 Å². The van der Waals surface area contributed by atoms with E-state index in [0.29, 0.717) is 22.9 Å². The number of anilines is 2. The Hall–Kier alpha value is -3.82. The Kier molecular flexibility index (Phi) is 6.28. The van der Waals surface area contributed by atoms with Crippen LogP contribution in [0.25, 0.3) is 0 Å². The summed E-state index contributed by atoms with van der Waals surface area (Å²) < 4.78 is 16.2. The minimum atomic E-state index is -0.812. The lowest BCUT2D eigenvalue weighted by Gasteiger charge is -2.35. The lowest BCUT2D eigenvalue weighted by atomic mass is 10.0. The highest BCUT2D eigenvalue weighted by molar-refractivity contribution is 6.06. The van der Waals surface area contributed by atoms with Crippen molar-refractivity contribution >= 4 is 28.9 Å². The number of nitro benzene ring substituents is 1. The van der Waals surface area contributed by atoms with Crippen LogP contribution in [-0.2, 0) is 9.59 Å². The number of nitrogens with zero attached hydrogens (tertiary/aromatic N) is 2. The number of fused-ring (bicyclic) bond motifs is 1. The first kappa shape index (κ1) is 21.9. The van der Waals surface area contributed by atoms with Crippen LogP contribution in [0.2, 0.25) is 0 Å². The van der Waals surface area contributed by atoms with Crippen LogP contribution < -0.4 is 24.4 Å². The van der Waals surface area contributed by atoms with Gasteiger partial charge in [-0.3, -0.25) is 24.6 Å². The number of hydrogen-bond acceptors (Lipinski definition) is 7. The molecule has 1 N–H and O–H groups in total. The van der Waals surface area contributed by atoms with Gasteiger partial charge in [-0.05, 0) is 24.1 Å². The average molecular weight is 429 g/mol. The van der Waals surface area contributed by atoms with Gasteiger partial charge in [0, 0.05) is 18.2 Å². The second-order valence-corrected chi connectivity index (χ2v) is 7.23. The van der Waals surface area contributed by atoms with E-state index in [-0.39, 0.29) is 23.8 Å². The number of rotatable bonds is 7. The van der Waals surface area contributed by atoms with Crippen molar-refractivity contribution in [3.63, 3.8) is 0 Å². The number of non-ortho nitro benzene ring substituents is 1. The predicted molar refractivity (Wildman–Crippen MR) is 113 cm³/mol. The number of hydrogen-bond donors (Lipinski definition) is 1. The fraction of sp³-hybridized carbons (Fsp3) is 0.333. The van der Waals surface area contributed by atoms with Crippen LogP contribution in [-0.4, -0.2) is 43.6 Å². The third-order valence-electron chi connectivity index (χ3n) is 4.80. The number of nitrogens with one attached hydrogen (secondary N) is 1. The van der Waals surface area contributed by atoms with E-state index in [4.69, 9.17) is 14.2 Å². The van der Waals surface area contributed by atoms with E-state index in [1.165, 1.54) is 37.3 Å². The van der Waals surface area contributed by atoms with Crippen LogP contribution in [0.15, 0.2) is 36.4 Å². The molecule has 2 aromatic carbocycles. The van der Waals surface area contributed by atoms with Crippen molar-refractivity contribution in [2.75, 3.05) is 31.0 Å². The zero-order valence-electron chi connectivity index (χ0n) is 17.6. The summed E-state index contributed by atoms with van der Waals surface area (Å²) in [5.74, 6) is 0.103. The summed E-state index contributed by atoms with van der Waals surface area (Å²) in [6, 6.07) is 8.87. The molecule has 0 saturated heterocycles. The maximum Gasteiger partial charge on any atom is 0.271 e. The molecule has 2 aromatic rings. The number of carbonyl (C=O) groups excluding carboxylic acids is 2. The molecule has 1 aliphatic rings. The lowest BCUT2D eigenvalue weighted by molar-refractivity contribution is -0.384. The topological polar surface area (TPSA) is 120 Å². The molecule has 0 spiro atoms. The molecule has 164 valence electrons. The lowest BCUT2D eigenvalue weighted by Crippen LogP contribution is -2.50. The summed E-state index contributed by atoms with van der Waals surface area (Å²) in [6.45, 7) is 3.27. The van der Waals surface area contributed by atoms with Gasteiger partial charge in [0.05, 0.1) is 30.5 Å². The van der Waals surface area contributed by atoms with Crippen molar-refractivity contribution in [3.05, 3.63) is 46.5 Å². The number of methoxy groups -OCH3 is 2. The minimum absolute atomic E-state index is 0.167. The number of ether oxygens (including phenoxy) is 3. The van der Waals surface area contributed by atoms with Crippen molar-refractivity contribution in [1.29, 1.82) is 0 Å². The number of benzene rings is 2. The Bertz CT molecular complexity index is 1020. The van der Waals surface area contributed by atoms with E-state index in [1.807, 2.05) is 13.8 Å². The monoisotopic (exact) mass is 429 g/mol. The summed E-state index contributed by atoms with van der Waals surface area (Å²) in [6.07, 6.45) is -0.812. The predicted octanol–water partition coefficient (Wildman–Crippen LogP) is 3.00. The molecule has 1 heterocycles. The van der Waals surface area contributed by atoms with E-state index in [2.05, 4.69) is 5.32 Å². The van der Waals surface area contributed by atoms with Crippen LogP contribution in [0.4, 0.5) is 17.1 Å². The normalized spacial score (nSPS) is 15.2. The summed E-state index contributed by atoms with van der Waals surface area (Å²) >= 11 is 0. The molecule has 10 heteroatoms. The van der Waals surface area contributed by atoms with Crippen molar-refractivity contribution in [2.45, 2.75) is 20.0 Å². The van der Waals surface area contributed by atoms with Crippen LogP contribution in [0, 0.1) is 16.0 Å². The summed E-state index contributed by atoms with van der Waals surface area (Å²) in [4.78, 5) is 37.7. The van der Waals surface area contributed by atoms with Gasteiger partial charge in [-0.1, -0.05) is 13.8 Å². The molecule has 0 bridgehead atoms. The van der Waals surface area contributed by atoms with Crippen molar-refractivity contribution in [1.82, 2.24) is 0 Å². The molecular weight excluding hydrogens is 406 g/mol. The fourth-order valence-electron chi connectivity index (χ4n) is 3.22. The van der Waals surface area contributed by atoms with Crippen molar-refractivity contribution in [2.24, 2.45) is 5.92 Å². The fourth-order valence-corrected chi connectivity index (χ4v) is 3.22. The highest BCUT2D eigenvalue weighted by Crippen LogP contribution is 2.38. The molecule has 1 unspecified atom stereocenters. The Morgan fingerprint density at radius 1 is 1.23 bits per heavy atom. The van der Waals surface area contributed by atoms with Crippen LogP contribution in [0.1, 0.15) is 13.8 Å². The third kappa shape index (κ3) is 4.52. The standard InChI is InChI=1S/C21H23N3O7/c1-12(2)20-21(26)23(16-9-13(24(27)28)5-7-18(16)31-20)11-19(25)22-15-10-14(29-3)6-8-17(15)30-4/h5-10,12,20H,11H2,1-4H3,(H,22,25). The smallest absolute Gasteiger partial charge is 0.271 e. The van der Waals surface area contributed by atoms with E-state index < -0.39 is 22.8 Å². The molecule has 0 aromatic heterocycles. The average Bonchev–Trinajstić information content (AvgIpc) is 2.74. The molecule has 0 saturated carbocycles. The molecule has 1 atom stereocenters. The second kappa shape index (κ2) is 8.90. The van der Waals surface area contributed by atoms with Gasteiger partial charge in [-0.25, -0.2) is 0 Å². The largest absolute Gasteiger partial charge is 0.497 e. The maximum absolute atomic E-state index is 13.0. The summed E-state index contributed by atoms with van der Waals surface area (Å²) in [5, 5.41) is 13.9. The number of amides is 2. The van der Waals surface area contributed by atoms with Crippen molar-refractivity contribution in [3.8, 4) is 17.2 Å². The Morgan fingerprint density at radius 2 is 1.97 bits per heavy atom. The molecule has 10 nitrogen and oxygen atoms in total. The van der Waals surface area contributed by atoms with E-state index in [1.54, 1.807) is 18.2 Å². The highest BCUT2D eigenvalue weighted by atomic mass is 16.6. The van der Waals surface area contributed by atoms with Gasteiger partial charge < -0.3 is 19.5 Å². The third-order valence-corrected chi connectivity index (χ3v) is 4.80. The quantitative estimate of drug-likeness (QED) is 0.530. The molecule has 0 radical (unpaired) electrons. The van der Waals surface area contributed by atoms with Crippen LogP contribution >= 0.6 is 0 Å². The van der Waals surface area contributed by atoms with E-state index >= 15 is 0 Å². The van der Waals surface area contributed by atoms with E-state index in [9.17, 15) is 19.7 Å². The van der Waals surface area contributed by atoms with Gasteiger partial charge >= 0.3 is 0 Å². The Morgan fingerprint density at radius 3 is 2.58 bits per heavy atom. The first-order chi connectivity index (χ1) is 14.7. The highest BCUT2D eigenvalue weighted by Gasteiger charge is 2.38. The van der Waals surface area contributed by atoms with Gasteiger partial charge in [0.25, 0.3) is 11.6 Å². The van der Waals surface area contributed by atoms with Gasteiger partial charge in [0.1, 0.15) is 23.8 Å². The zero-order valence-corrected chi connectivity index (χ0v) is 17.6. The minimum Gasteiger partial charge on any atom is -0.497 e. The first-order valence-electron chi connectivity index (χ1n) is 9.53. The van der Waals surface area contributed by atoms with Gasteiger partial charge in [0.15, 0.2) is 6.10 Å². The van der Waals surface area contributed by atoms with Gasteiger partial charge in [-0.15, -0.1) is 0 Å². The number of nitro groups is 1. The first-order valence-corrected chi connectivity index (χ1v) is 9.53. The summed E-state index contributed by atoms with van der Waals surface area (Å²) in [5.41, 5.74) is 0.328. The van der Waals surface area contributed by atoms with Crippen LogP contribution in [0.5, 0.6) is 17.2 Å². The number of carbonyl (C=O) groups is 2. The Balaban J connectivity index is 1.92. The molecule has 0 aliphatic carbocycles.